The van der Waals surface area contributed by atoms with Gasteiger partial charge in [0, 0.05) is 42.1 Å². The van der Waals surface area contributed by atoms with Crippen LogP contribution in [-0.4, -0.2) is 34.5 Å². The lowest BCUT2D eigenvalue weighted by Crippen LogP contribution is -2.38. The average Bonchev–Trinajstić information content (AvgIpc) is 2.91. The molecule has 0 amide bonds. The van der Waals surface area contributed by atoms with Crippen LogP contribution in [0.3, 0.4) is 0 Å². The molecule has 132 valence electrons. The van der Waals surface area contributed by atoms with E-state index in [1.165, 1.54) is 5.56 Å². The predicted octanol–water partition coefficient (Wildman–Crippen LogP) is 4.53. The number of carbonyl (C=O) groups excluding carboxylic acids is 1. The first-order valence-corrected chi connectivity index (χ1v) is 8.99. The molecule has 1 heterocycles. The fourth-order valence-electron chi connectivity index (χ4n) is 3.24. The molecule has 0 atom stereocenters. The third-order valence-corrected chi connectivity index (χ3v) is 4.39. The van der Waals surface area contributed by atoms with Gasteiger partial charge in [-0.3, -0.25) is 9.69 Å². The standard InChI is InChI=1S/C20H30N2O2/c1-6-8-19(23)24-18-10-7-9-17-20(18)16(13-21-17)11-12-22(14(2)3)15(4)5/h7,9-10,13-15,21H,6,8,11-12H2,1-5H3. The van der Waals surface area contributed by atoms with Gasteiger partial charge in [-0.25, -0.2) is 0 Å². The summed E-state index contributed by atoms with van der Waals surface area (Å²) in [5.74, 6) is 0.506. The molecule has 0 aliphatic carbocycles. The van der Waals surface area contributed by atoms with Crippen molar-refractivity contribution in [1.82, 2.24) is 9.88 Å². The van der Waals surface area contributed by atoms with E-state index in [1.54, 1.807) is 0 Å². The van der Waals surface area contributed by atoms with Gasteiger partial charge in [-0.05, 0) is 58.2 Å². The lowest BCUT2D eigenvalue weighted by atomic mass is 10.1. The second-order valence-electron chi connectivity index (χ2n) is 6.89. The maximum atomic E-state index is 11.9. The first-order valence-electron chi connectivity index (χ1n) is 8.99. The molecule has 0 aliphatic rings. The van der Waals surface area contributed by atoms with Crippen molar-refractivity contribution in [2.45, 2.75) is 66.0 Å². The smallest absolute Gasteiger partial charge is 0.311 e. The van der Waals surface area contributed by atoms with Crippen molar-refractivity contribution >= 4 is 16.9 Å². The van der Waals surface area contributed by atoms with E-state index >= 15 is 0 Å². The van der Waals surface area contributed by atoms with Crippen LogP contribution in [0.5, 0.6) is 5.75 Å². The number of rotatable bonds is 8. The SMILES string of the molecule is CCCC(=O)Oc1cccc2[nH]cc(CCN(C(C)C)C(C)C)c12. The normalized spacial score (nSPS) is 11.8. The summed E-state index contributed by atoms with van der Waals surface area (Å²) in [5, 5.41) is 1.04. The van der Waals surface area contributed by atoms with Crippen LogP contribution in [0.4, 0.5) is 0 Å². The number of nitrogens with zero attached hydrogens (tertiary/aromatic N) is 1. The van der Waals surface area contributed by atoms with Crippen LogP contribution < -0.4 is 4.74 Å². The molecule has 0 spiro atoms. The van der Waals surface area contributed by atoms with Crippen molar-refractivity contribution in [1.29, 1.82) is 0 Å². The van der Waals surface area contributed by atoms with Crippen LogP contribution in [0.25, 0.3) is 10.9 Å². The van der Waals surface area contributed by atoms with Crippen LogP contribution in [0, 0.1) is 0 Å². The van der Waals surface area contributed by atoms with Crippen LogP contribution in [0.2, 0.25) is 0 Å². The minimum absolute atomic E-state index is 0.164. The maximum absolute atomic E-state index is 11.9. The number of esters is 1. The number of hydrogen-bond acceptors (Lipinski definition) is 3. The Bertz CT molecular complexity index is 665. The summed E-state index contributed by atoms with van der Waals surface area (Å²) in [5.41, 5.74) is 2.23. The Kier molecular flexibility index (Phi) is 6.44. The molecule has 1 N–H and O–H groups in total. The molecule has 0 saturated carbocycles. The highest BCUT2D eigenvalue weighted by atomic mass is 16.5. The van der Waals surface area contributed by atoms with E-state index in [2.05, 4.69) is 37.6 Å². The summed E-state index contributed by atoms with van der Waals surface area (Å²) in [6, 6.07) is 6.86. The van der Waals surface area contributed by atoms with E-state index in [9.17, 15) is 4.79 Å². The summed E-state index contributed by atoms with van der Waals surface area (Å²) in [6.45, 7) is 11.9. The molecule has 0 aliphatic heterocycles. The molecule has 4 heteroatoms. The quantitative estimate of drug-likeness (QED) is 0.571. The molecule has 2 aromatic rings. The highest BCUT2D eigenvalue weighted by Crippen LogP contribution is 2.30. The third kappa shape index (κ3) is 4.38. The lowest BCUT2D eigenvalue weighted by molar-refractivity contribution is -0.134. The number of aromatic nitrogens is 1. The topological polar surface area (TPSA) is 45.3 Å². The number of nitrogens with one attached hydrogen (secondary N) is 1. The molecule has 0 radical (unpaired) electrons. The van der Waals surface area contributed by atoms with E-state index < -0.39 is 0 Å². The average molecular weight is 330 g/mol. The van der Waals surface area contributed by atoms with Crippen molar-refractivity contribution in [3.8, 4) is 5.75 Å². The number of benzene rings is 1. The van der Waals surface area contributed by atoms with Crippen LogP contribution in [-0.2, 0) is 11.2 Å². The Morgan fingerprint density at radius 3 is 2.54 bits per heavy atom. The van der Waals surface area contributed by atoms with Crippen molar-refractivity contribution in [2.75, 3.05) is 6.54 Å². The van der Waals surface area contributed by atoms with Crippen LogP contribution in [0.15, 0.2) is 24.4 Å². The molecule has 4 nitrogen and oxygen atoms in total. The fourth-order valence-corrected chi connectivity index (χ4v) is 3.24. The number of H-pyrrole nitrogens is 1. The number of hydrogen-bond donors (Lipinski definition) is 1. The first kappa shape index (κ1) is 18.5. The summed E-state index contributed by atoms with van der Waals surface area (Å²) < 4.78 is 5.60. The second kappa shape index (κ2) is 8.34. The molecule has 0 unspecified atom stereocenters. The molecule has 0 fully saturated rings. The molecule has 24 heavy (non-hydrogen) atoms. The van der Waals surface area contributed by atoms with Crippen molar-refractivity contribution in [3.05, 3.63) is 30.0 Å². The molecule has 0 saturated heterocycles. The van der Waals surface area contributed by atoms with Gasteiger partial charge in [-0.2, -0.15) is 0 Å². The van der Waals surface area contributed by atoms with E-state index in [0.717, 1.165) is 30.3 Å². The number of ether oxygens (including phenoxy) is 1. The third-order valence-electron chi connectivity index (χ3n) is 4.39. The molecular weight excluding hydrogens is 300 g/mol. The van der Waals surface area contributed by atoms with Crippen molar-refractivity contribution in [2.24, 2.45) is 0 Å². The summed E-state index contributed by atoms with van der Waals surface area (Å²) in [4.78, 5) is 17.7. The van der Waals surface area contributed by atoms with Crippen molar-refractivity contribution in [3.63, 3.8) is 0 Å². The zero-order valence-electron chi connectivity index (χ0n) is 15.6. The monoisotopic (exact) mass is 330 g/mol. The van der Waals surface area contributed by atoms with Gasteiger partial charge < -0.3 is 9.72 Å². The van der Waals surface area contributed by atoms with E-state index in [4.69, 9.17) is 4.74 Å². The molecule has 2 rings (SSSR count). The Morgan fingerprint density at radius 1 is 1.21 bits per heavy atom. The van der Waals surface area contributed by atoms with Gasteiger partial charge in [-0.1, -0.05) is 13.0 Å². The maximum Gasteiger partial charge on any atom is 0.311 e. The minimum Gasteiger partial charge on any atom is -0.426 e. The van der Waals surface area contributed by atoms with Gasteiger partial charge in [0.2, 0.25) is 0 Å². The lowest BCUT2D eigenvalue weighted by Gasteiger charge is -2.30. The predicted molar refractivity (Wildman–Crippen MR) is 99.5 cm³/mol. The summed E-state index contributed by atoms with van der Waals surface area (Å²) >= 11 is 0. The molecule has 1 aromatic carbocycles. The number of fused-ring (bicyclic) bond motifs is 1. The minimum atomic E-state index is -0.164. The van der Waals surface area contributed by atoms with Gasteiger partial charge in [-0.15, -0.1) is 0 Å². The van der Waals surface area contributed by atoms with Crippen LogP contribution in [0.1, 0.15) is 53.0 Å². The summed E-state index contributed by atoms with van der Waals surface area (Å²) in [7, 11) is 0. The Morgan fingerprint density at radius 2 is 1.92 bits per heavy atom. The molecular formula is C20H30N2O2. The van der Waals surface area contributed by atoms with Gasteiger partial charge in [0.15, 0.2) is 0 Å². The Hall–Kier alpha value is -1.81. The van der Waals surface area contributed by atoms with Gasteiger partial charge in [0.05, 0.1) is 0 Å². The largest absolute Gasteiger partial charge is 0.426 e. The number of carbonyl (C=O) groups is 1. The summed E-state index contributed by atoms with van der Waals surface area (Å²) in [6.07, 6.45) is 4.22. The Balaban J connectivity index is 2.23. The highest BCUT2D eigenvalue weighted by Gasteiger charge is 2.16. The number of aromatic amines is 1. The van der Waals surface area contributed by atoms with Crippen molar-refractivity contribution < 1.29 is 9.53 Å². The fraction of sp³-hybridized carbons (Fsp3) is 0.550. The van der Waals surface area contributed by atoms with Gasteiger partial charge in [0.25, 0.3) is 0 Å². The van der Waals surface area contributed by atoms with E-state index in [-0.39, 0.29) is 5.97 Å². The van der Waals surface area contributed by atoms with Crippen LogP contribution >= 0.6 is 0 Å². The second-order valence-corrected chi connectivity index (χ2v) is 6.89. The van der Waals surface area contributed by atoms with E-state index in [1.807, 2.05) is 31.3 Å². The molecule has 1 aromatic heterocycles. The zero-order chi connectivity index (χ0) is 17.7. The highest BCUT2D eigenvalue weighted by molar-refractivity contribution is 5.91. The van der Waals surface area contributed by atoms with E-state index in [0.29, 0.717) is 24.3 Å². The first-order chi connectivity index (χ1) is 11.4. The molecule has 0 bridgehead atoms. The van der Waals surface area contributed by atoms with Gasteiger partial charge >= 0.3 is 5.97 Å². The zero-order valence-corrected chi connectivity index (χ0v) is 15.6. The van der Waals surface area contributed by atoms with Gasteiger partial charge in [0.1, 0.15) is 5.75 Å². The Labute approximate surface area is 145 Å².